The van der Waals surface area contributed by atoms with Gasteiger partial charge in [-0.2, -0.15) is 0 Å². The predicted molar refractivity (Wildman–Crippen MR) is 77.7 cm³/mol. The molecular formula is C15H23N3O3. The standard InChI is InChI=1S/C15H23N3O3/c19-13(18-7-3-4-12-16-8-9-17-12)10-15(11-14(20)21)5-1-2-6-15/h8-9H,1-7,10-11H2,(H,16,17)(H,18,19)(H,20,21). The molecule has 116 valence electrons. The van der Waals surface area contributed by atoms with Gasteiger partial charge in [-0.3, -0.25) is 9.59 Å². The molecule has 1 amide bonds. The fourth-order valence-corrected chi connectivity index (χ4v) is 3.18. The fraction of sp³-hybridized carbons (Fsp3) is 0.667. The summed E-state index contributed by atoms with van der Waals surface area (Å²) >= 11 is 0. The summed E-state index contributed by atoms with van der Waals surface area (Å²) in [5.74, 6) is 0.0857. The number of imidazole rings is 1. The molecule has 0 aromatic carbocycles. The number of nitrogens with one attached hydrogen (secondary N) is 2. The van der Waals surface area contributed by atoms with Crippen LogP contribution in [0.15, 0.2) is 12.4 Å². The maximum absolute atomic E-state index is 12.0. The normalized spacial score (nSPS) is 16.8. The van der Waals surface area contributed by atoms with Crippen molar-refractivity contribution in [3.63, 3.8) is 0 Å². The van der Waals surface area contributed by atoms with E-state index in [4.69, 9.17) is 5.11 Å². The van der Waals surface area contributed by atoms with E-state index in [1.165, 1.54) is 0 Å². The number of H-pyrrole nitrogens is 1. The molecular weight excluding hydrogens is 270 g/mol. The molecule has 0 spiro atoms. The van der Waals surface area contributed by atoms with Crippen LogP contribution in [0.2, 0.25) is 0 Å². The summed E-state index contributed by atoms with van der Waals surface area (Å²) in [7, 11) is 0. The van der Waals surface area contributed by atoms with Gasteiger partial charge in [0.25, 0.3) is 0 Å². The molecule has 1 fully saturated rings. The molecule has 0 atom stereocenters. The molecule has 0 radical (unpaired) electrons. The average Bonchev–Trinajstić information content (AvgIpc) is 3.06. The van der Waals surface area contributed by atoms with Crippen molar-refractivity contribution in [1.82, 2.24) is 15.3 Å². The first kappa shape index (κ1) is 15.5. The van der Waals surface area contributed by atoms with Gasteiger partial charge in [-0.05, 0) is 24.7 Å². The van der Waals surface area contributed by atoms with Gasteiger partial charge in [-0.25, -0.2) is 4.98 Å². The highest BCUT2D eigenvalue weighted by Crippen LogP contribution is 2.43. The van der Waals surface area contributed by atoms with Crippen molar-refractivity contribution in [2.45, 2.75) is 51.4 Å². The topological polar surface area (TPSA) is 95.1 Å². The van der Waals surface area contributed by atoms with Crippen molar-refractivity contribution in [1.29, 1.82) is 0 Å². The van der Waals surface area contributed by atoms with Crippen molar-refractivity contribution in [2.75, 3.05) is 6.54 Å². The molecule has 1 aromatic heterocycles. The zero-order valence-corrected chi connectivity index (χ0v) is 12.2. The number of nitrogens with zero attached hydrogens (tertiary/aromatic N) is 1. The number of aromatic amines is 1. The largest absolute Gasteiger partial charge is 0.481 e. The highest BCUT2D eigenvalue weighted by Gasteiger charge is 2.37. The van der Waals surface area contributed by atoms with Crippen molar-refractivity contribution >= 4 is 11.9 Å². The minimum Gasteiger partial charge on any atom is -0.481 e. The number of carbonyl (C=O) groups is 2. The second kappa shape index (κ2) is 7.24. The third-order valence-corrected chi connectivity index (χ3v) is 4.19. The van der Waals surface area contributed by atoms with Crippen molar-refractivity contribution in [2.24, 2.45) is 5.41 Å². The second-order valence-electron chi connectivity index (χ2n) is 5.94. The molecule has 0 aliphatic heterocycles. The van der Waals surface area contributed by atoms with Crippen molar-refractivity contribution in [3.8, 4) is 0 Å². The minimum absolute atomic E-state index is 0.0300. The van der Waals surface area contributed by atoms with Crippen LogP contribution >= 0.6 is 0 Å². The fourth-order valence-electron chi connectivity index (χ4n) is 3.18. The zero-order valence-electron chi connectivity index (χ0n) is 12.2. The molecule has 0 unspecified atom stereocenters. The van der Waals surface area contributed by atoms with E-state index in [0.29, 0.717) is 13.0 Å². The van der Waals surface area contributed by atoms with E-state index >= 15 is 0 Å². The van der Waals surface area contributed by atoms with E-state index in [0.717, 1.165) is 44.3 Å². The van der Waals surface area contributed by atoms with Crippen LogP contribution in [0.5, 0.6) is 0 Å². The number of aliphatic carboxylic acids is 1. The lowest BCUT2D eigenvalue weighted by molar-refractivity contribution is -0.140. The Kier molecular flexibility index (Phi) is 5.36. The maximum atomic E-state index is 12.0. The Hall–Kier alpha value is -1.85. The van der Waals surface area contributed by atoms with Gasteiger partial charge >= 0.3 is 5.97 Å². The van der Waals surface area contributed by atoms with Gasteiger partial charge in [0, 0.05) is 31.8 Å². The van der Waals surface area contributed by atoms with Crippen LogP contribution in [0.4, 0.5) is 0 Å². The summed E-state index contributed by atoms with van der Waals surface area (Å²) in [6, 6.07) is 0. The lowest BCUT2D eigenvalue weighted by atomic mass is 9.79. The summed E-state index contributed by atoms with van der Waals surface area (Å²) in [5, 5.41) is 11.9. The first-order valence-electron chi connectivity index (χ1n) is 7.56. The Balaban J connectivity index is 1.71. The highest BCUT2D eigenvalue weighted by molar-refractivity contribution is 5.78. The number of hydrogen-bond donors (Lipinski definition) is 3. The van der Waals surface area contributed by atoms with Crippen molar-refractivity contribution in [3.05, 3.63) is 18.2 Å². The number of carbonyl (C=O) groups excluding carboxylic acids is 1. The molecule has 3 N–H and O–H groups in total. The Labute approximate surface area is 124 Å². The van der Waals surface area contributed by atoms with Gasteiger partial charge in [-0.1, -0.05) is 12.8 Å². The van der Waals surface area contributed by atoms with Gasteiger partial charge < -0.3 is 15.4 Å². The summed E-state index contributed by atoms with van der Waals surface area (Å²) in [6.45, 7) is 0.600. The molecule has 1 aromatic rings. The minimum atomic E-state index is -0.803. The Morgan fingerprint density at radius 2 is 2.10 bits per heavy atom. The van der Waals surface area contributed by atoms with E-state index in [9.17, 15) is 9.59 Å². The lowest BCUT2D eigenvalue weighted by Gasteiger charge is -2.26. The molecule has 1 saturated carbocycles. The summed E-state index contributed by atoms with van der Waals surface area (Å²) < 4.78 is 0. The first-order valence-corrected chi connectivity index (χ1v) is 7.56. The molecule has 1 aliphatic carbocycles. The van der Waals surface area contributed by atoms with Gasteiger partial charge in [0.2, 0.25) is 5.91 Å². The summed E-state index contributed by atoms with van der Waals surface area (Å²) in [6.07, 6.45) is 9.30. The second-order valence-corrected chi connectivity index (χ2v) is 5.94. The lowest BCUT2D eigenvalue weighted by Crippen LogP contribution is -2.32. The third-order valence-electron chi connectivity index (χ3n) is 4.19. The number of amides is 1. The van der Waals surface area contributed by atoms with Crippen molar-refractivity contribution < 1.29 is 14.7 Å². The van der Waals surface area contributed by atoms with Crippen LogP contribution in [0.3, 0.4) is 0 Å². The van der Waals surface area contributed by atoms with Gasteiger partial charge in [0.1, 0.15) is 5.82 Å². The van der Waals surface area contributed by atoms with E-state index in [-0.39, 0.29) is 17.7 Å². The van der Waals surface area contributed by atoms with Gasteiger partial charge in [0.15, 0.2) is 0 Å². The number of aryl methyl sites for hydroxylation is 1. The maximum Gasteiger partial charge on any atom is 0.303 e. The molecule has 1 heterocycles. The molecule has 6 heteroatoms. The van der Waals surface area contributed by atoms with E-state index in [1.807, 2.05) is 0 Å². The van der Waals surface area contributed by atoms with Gasteiger partial charge in [0.05, 0.1) is 6.42 Å². The number of aromatic nitrogens is 2. The van der Waals surface area contributed by atoms with Crippen LogP contribution in [-0.4, -0.2) is 33.5 Å². The van der Waals surface area contributed by atoms with Gasteiger partial charge in [-0.15, -0.1) is 0 Å². The van der Waals surface area contributed by atoms with Crippen LogP contribution in [0.1, 0.15) is 50.8 Å². The molecule has 0 bridgehead atoms. The molecule has 21 heavy (non-hydrogen) atoms. The van der Waals surface area contributed by atoms with E-state index in [2.05, 4.69) is 15.3 Å². The number of carboxylic acids is 1. The van der Waals surface area contributed by atoms with Crippen LogP contribution in [0.25, 0.3) is 0 Å². The third kappa shape index (κ3) is 4.88. The van der Waals surface area contributed by atoms with Crippen LogP contribution in [0, 0.1) is 5.41 Å². The van der Waals surface area contributed by atoms with E-state index < -0.39 is 5.97 Å². The van der Waals surface area contributed by atoms with Crippen LogP contribution < -0.4 is 5.32 Å². The summed E-state index contributed by atoms with van der Waals surface area (Å²) in [5.41, 5.74) is -0.322. The number of rotatable bonds is 8. The molecule has 6 nitrogen and oxygen atoms in total. The Morgan fingerprint density at radius 1 is 1.33 bits per heavy atom. The quantitative estimate of drug-likeness (QED) is 0.638. The smallest absolute Gasteiger partial charge is 0.303 e. The van der Waals surface area contributed by atoms with E-state index in [1.54, 1.807) is 12.4 Å². The highest BCUT2D eigenvalue weighted by atomic mass is 16.4. The number of carboxylic acid groups (broad SMARTS) is 1. The Morgan fingerprint density at radius 3 is 2.71 bits per heavy atom. The first-order chi connectivity index (χ1) is 10.1. The summed E-state index contributed by atoms with van der Waals surface area (Å²) in [4.78, 5) is 30.2. The molecule has 2 rings (SSSR count). The SMILES string of the molecule is O=C(O)CC1(CC(=O)NCCCc2ncc[nH]2)CCCC1. The molecule has 0 saturated heterocycles. The average molecular weight is 293 g/mol. The Bertz CT molecular complexity index is 465. The molecule has 1 aliphatic rings. The monoisotopic (exact) mass is 293 g/mol. The predicted octanol–water partition coefficient (Wildman–Crippen LogP) is 1.88. The zero-order chi connectivity index (χ0) is 15.1. The number of hydrogen-bond acceptors (Lipinski definition) is 3. The van der Waals surface area contributed by atoms with Crippen LogP contribution in [-0.2, 0) is 16.0 Å².